The maximum absolute atomic E-state index is 12.6. The van der Waals surface area contributed by atoms with Gasteiger partial charge in [-0.25, -0.2) is 9.67 Å². The highest BCUT2D eigenvalue weighted by molar-refractivity contribution is 7.14. The fourth-order valence-electron chi connectivity index (χ4n) is 3.33. The number of anilines is 1. The Labute approximate surface area is 178 Å². The highest BCUT2D eigenvalue weighted by Crippen LogP contribution is 2.35. The van der Waals surface area contributed by atoms with Gasteiger partial charge >= 0.3 is 0 Å². The first kappa shape index (κ1) is 19.1. The van der Waals surface area contributed by atoms with E-state index < -0.39 is 17.0 Å². The number of ether oxygens (including phenoxy) is 2. The molecule has 1 aliphatic heterocycles. The topological polar surface area (TPSA) is 115 Å². The summed E-state index contributed by atoms with van der Waals surface area (Å²) < 4.78 is 12.1. The summed E-state index contributed by atoms with van der Waals surface area (Å²) in [7, 11) is 0. The molecule has 0 aliphatic carbocycles. The highest BCUT2D eigenvalue weighted by atomic mass is 32.1. The number of carbonyl (C=O) groups is 1. The zero-order valence-corrected chi connectivity index (χ0v) is 16.9. The van der Waals surface area contributed by atoms with Gasteiger partial charge in [0.25, 0.3) is 11.1 Å². The van der Waals surface area contributed by atoms with Crippen LogP contribution >= 0.6 is 11.3 Å². The van der Waals surface area contributed by atoms with E-state index in [1.807, 2.05) is 23.6 Å². The SMILES string of the molecule is O=C(Cn1[nH]c(=O)c2ccccc2c1=O)Nc1nc(-c2ccc3c(c2)OCCO3)cs1. The van der Waals surface area contributed by atoms with Crippen LogP contribution in [0.5, 0.6) is 11.5 Å². The third-order valence-electron chi connectivity index (χ3n) is 4.77. The molecule has 0 spiro atoms. The van der Waals surface area contributed by atoms with Crippen molar-refractivity contribution in [3.63, 3.8) is 0 Å². The normalized spacial score (nSPS) is 12.6. The van der Waals surface area contributed by atoms with Crippen molar-refractivity contribution in [1.82, 2.24) is 14.8 Å². The number of hydrogen-bond acceptors (Lipinski definition) is 7. The molecule has 2 aromatic carbocycles. The fraction of sp³-hybridized carbons (Fsp3) is 0.143. The van der Waals surface area contributed by atoms with Crippen molar-refractivity contribution in [2.45, 2.75) is 6.54 Å². The lowest BCUT2D eigenvalue weighted by Crippen LogP contribution is -2.34. The maximum Gasteiger partial charge on any atom is 0.273 e. The standard InChI is InChI=1S/C21H16N4O5S/c26-18(10-25-20(28)14-4-2-1-3-13(14)19(27)24-25)23-21-22-15(11-31-21)12-5-6-16-17(9-12)30-8-7-29-16/h1-6,9,11H,7-8,10H2,(H,24,27)(H,22,23,26). The van der Waals surface area contributed by atoms with Crippen LogP contribution in [0.25, 0.3) is 22.0 Å². The van der Waals surface area contributed by atoms with Crippen LogP contribution in [-0.4, -0.2) is 33.9 Å². The number of amides is 1. The van der Waals surface area contributed by atoms with Crippen molar-refractivity contribution in [2.75, 3.05) is 18.5 Å². The van der Waals surface area contributed by atoms with Gasteiger partial charge in [-0.05, 0) is 30.3 Å². The quantitative estimate of drug-likeness (QED) is 0.507. The highest BCUT2D eigenvalue weighted by Gasteiger charge is 2.15. The Balaban J connectivity index is 1.34. The van der Waals surface area contributed by atoms with E-state index in [9.17, 15) is 14.4 Å². The lowest BCUT2D eigenvalue weighted by atomic mass is 10.1. The monoisotopic (exact) mass is 436 g/mol. The summed E-state index contributed by atoms with van der Waals surface area (Å²) in [6.07, 6.45) is 0. The molecule has 3 heterocycles. The van der Waals surface area contributed by atoms with Crippen LogP contribution < -0.4 is 25.9 Å². The average molecular weight is 436 g/mol. The zero-order chi connectivity index (χ0) is 21.4. The number of fused-ring (bicyclic) bond motifs is 2. The third-order valence-corrected chi connectivity index (χ3v) is 5.53. The summed E-state index contributed by atoms with van der Waals surface area (Å²) in [5.41, 5.74) is 0.629. The number of aromatic amines is 1. The van der Waals surface area contributed by atoms with Crippen LogP contribution in [0.15, 0.2) is 57.4 Å². The summed E-state index contributed by atoms with van der Waals surface area (Å²) in [6.45, 7) is 0.674. The molecule has 5 rings (SSSR count). The van der Waals surface area contributed by atoms with Crippen LogP contribution in [0.2, 0.25) is 0 Å². The van der Waals surface area contributed by atoms with E-state index in [0.717, 1.165) is 10.2 Å². The number of nitrogens with one attached hydrogen (secondary N) is 2. The molecule has 4 aromatic rings. The molecule has 156 valence electrons. The van der Waals surface area contributed by atoms with Gasteiger partial charge in [0.2, 0.25) is 5.91 Å². The van der Waals surface area contributed by atoms with Crippen LogP contribution in [0.3, 0.4) is 0 Å². The smallest absolute Gasteiger partial charge is 0.273 e. The van der Waals surface area contributed by atoms with Crippen LogP contribution in [0, 0.1) is 0 Å². The van der Waals surface area contributed by atoms with Gasteiger partial charge in [0, 0.05) is 10.9 Å². The Bertz CT molecular complexity index is 1420. The number of benzene rings is 2. The molecule has 0 atom stereocenters. The van der Waals surface area contributed by atoms with Crippen LogP contribution in [0.4, 0.5) is 5.13 Å². The predicted octanol–water partition coefficient (Wildman–Crippen LogP) is 2.22. The Morgan fingerprint density at radius 3 is 2.71 bits per heavy atom. The first-order chi connectivity index (χ1) is 15.1. The molecule has 0 unspecified atom stereocenters. The van der Waals surface area contributed by atoms with Crippen molar-refractivity contribution in [3.05, 3.63) is 68.6 Å². The summed E-state index contributed by atoms with van der Waals surface area (Å²) in [6, 6.07) is 12.0. The largest absolute Gasteiger partial charge is 0.486 e. The Morgan fingerprint density at radius 1 is 1.10 bits per heavy atom. The number of thiazole rings is 1. The molecule has 0 fully saturated rings. The minimum absolute atomic E-state index is 0.259. The zero-order valence-electron chi connectivity index (χ0n) is 16.1. The minimum atomic E-state index is -0.476. The number of carbonyl (C=O) groups excluding carboxylic acids is 1. The number of hydrogen-bond donors (Lipinski definition) is 2. The molecular weight excluding hydrogens is 420 g/mol. The van der Waals surface area contributed by atoms with E-state index in [0.29, 0.717) is 35.5 Å². The van der Waals surface area contributed by atoms with E-state index in [4.69, 9.17) is 9.47 Å². The first-order valence-corrected chi connectivity index (χ1v) is 10.3. The molecule has 10 heteroatoms. The van der Waals surface area contributed by atoms with Crippen molar-refractivity contribution >= 4 is 33.1 Å². The first-order valence-electron chi connectivity index (χ1n) is 9.46. The summed E-state index contributed by atoms with van der Waals surface area (Å²) in [5.74, 6) is 0.867. The van der Waals surface area contributed by atoms with E-state index in [-0.39, 0.29) is 17.3 Å². The van der Waals surface area contributed by atoms with Crippen molar-refractivity contribution < 1.29 is 14.3 Å². The fourth-order valence-corrected chi connectivity index (χ4v) is 4.06. The molecule has 2 aromatic heterocycles. The Hall–Kier alpha value is -3.92. The van der Waals surface area contributed by atoms with Crippen molar-refractivity contribution in [3.8, 4) is 22.8 Å². The average Bonchev–Trinajstić information content (AvgIpc) is 3.25. The van der Waals surface area contributed by atoms with Crippen molar-refractivity contribution in [1.29, 1.82) is 0 Å². The second-order valence-corrected chi connectivity index (χ2v) is 7.68. The van der Waals surface area contributed by atoms with Gasteiger partial charge in [0.1, 0.15) is 19.8 Å². The van der Waals surface area contributed by atoms with E-state index in [1.165, 1.54) is 11.3 Å². The van der Waals surface area contributed by atoms with E-state index in [1.54, 1.807) is 24.3 Å². The molecule has 9 nitrogen and oxygen atoms in total. The second kappa shape index (κ2) is 7.73. The lowest BCUT2D eigenvalue weighted by Gasteiger charge is -2.18. The van der Waals surface area contributed by atoms with E-state index in [2.05, 4.69) is 15.4 Å². The molecule has 0 saturated heterocycles. The van der Waals surface area contributed by atoms with Gasteiger partial charge in [-0.2, -0.15) is 0 Å². The summed E-state index contributed by atoms with van der Waals surface area (Å²) in [4.78, 5) is 41.6. The van der Waals surface area contributed by atoms with Gasteiger partial charge in [-0.1, -0.05) is 12.1 Å². The predicted molar refractivity (Wildman–Crippen MR) is 116 cm³/mol. The molecule has 1 amide bonds. The van der Waals surface area contributed by atoms with Gasteiger partial charge in [0.05, 0.1) is 16.5 Å². The summed E-state index contributed by atoms with van der Waals surface area (Å²) >= 11 is 1.26. The third kappa shape index (κ3) is 3.68. The van der Waals surface area contributed by atoms with Gasteiger partial charge in [-0.15, -0.1) is 11.3 Å². The van der Waals surface area contributed by atoms with Crippen LogP contribution in [-0.2, 0) is 11.3 Å². The number of aromatic nitrogens is 3. The molecule has 1 aliphatic rings. The Kier molecular flexibility index (Phi) is 4.75. The molecular formula is C21H16N4O5S. The van der Waals surface area contributed by atoms with Crippen LogP contribution in [0.1, 0.15) is 0 Å². The molecule has 0 saturated carbocycles. The molecule has 0 bridgehead atoms. The molecule has 0 radical (unpaired) electrons. The van der Waals surface area contributed by atoms with Crippen molar-refractivity contribution in [2.24, 2.45) is 0 Å². The number of nitrogens with zero attached hydrogens (tertiary/aromatic N) is 2. The maximum atomic E-state index is 12.6. The van der Waals surface area contributed by atoms with Gasteiger partial charge in [0.15, 0.2) is 16.6 Å². The molecule has 31 heavy (non-hydrogen) atoms. The number of H-pyrrole nitrogens is 1. The van der Waals surface area contributed by atoms with Gasteiger partial charge < -0.3 is 14.8 Å². The van der Waals surface area contributed by atoms with Gasteiger partial charge in [-0.3, -0.25) is 19.5 Å². The van der Waals surface area contributed by atoms with E-state index >= 15 is 0 Å². The lowest BCUT2D eigenvalue weighted by molar-refractivity contribution is -0.117. The number of rotatable bonds is 4. The Morgan fingerprint density at radius 2 is 1.87 bits per heavy atom. The molecule has 2 N–H and O–H groups in total. The second-order valence-electron chi connectivity index (χ2n) is 6.82. The minimum Gasteiger partial charge on any atom is -0.486 e. The summed E-state index contributed by atoms with van der Waals surface area (Å²) in [5, 5.41) is 7.84.